The molecule has 0 amide bonds. The number of methoxy groups -OCH3 is 1. The Morgan fingerprint density at radius 3 is 2.81 bits per heavy atom. The summed E-state index contributed by atoms with van der Waals surface area (Å²) in [6.45, 7) is 0.183. The van der Waals surface area contributed by atoms with Gasteiger partial charge in [0.05, 0.1) is 16.6 Å². The van der Waals surface area contributed by atoms with Crippen molar-refractivity contribution in [2.45, 2.75) is 6.10 Å². The molecule has 21 heavy (non-hydrogen) atoms. The number of rotatable bonds is 3. The van der Waals surface area contributed by atoms with Gasteiger partial charge in [0.2, 0.25) is 6.79 Å². The van der Waals surface area contributed by atoms with Crippen molar-refractivity contribution in [3.05, 3.63) is 51.0 Å². The van der Waals surface area contributed by atoms with Gasteiger partial charge in [0.1, 0.15) is 11.9 Å². The molecule has 1 N–H and O–H groups in total. The molecular formula is C15H12BrClO4. The van der Waals surface area contributed by atoms with Gasteiger partial charge in [-0.15, -0.1) is 0 Å². The number of hydrogen-bond acceptors (Lipinski definition) is 4. The summed E-state index contributed by atoms with van der Waals surface area (Å²) in [4.78, 5) is 0. The van der Waals surface area contributed by atoms with Gasteiger partial charge < -0.3 is 19.3 Å². The Morgan fingerprint density at radius 2 is 2.05 bits per heavy atom. The fraction of sp³-hybridized carbons (Fsp3) is 0.200. The lowest BCUT2D eigenvalue weighted by Crippen LogP contribution is -2.00. The van der Waals surface area contributed by atoms with Crippen LogP contribution in [0.5, 0.6) is 17.2 Å². The van der Waals surface area contributed by atoms with Gasteiger partial charge in [0, 0.05) is 0 Å². The van der Waals surface area contributed by atoms with Crippen molar-refractivity contribution >= 4 is 27.5 Å². The average Bonchev–Trinajstić information content (AvgIpc) is 2.96. The van der Waals surface area contributed by atoms with Gasteiger partial charge in [-0.25, -0.2) is 0 Å². The number of hydrogen-bond donors (Lipinski definition) is 1. The fourth-order valence-electron chi connectivity index (χ4n) is 2.18. The van der Waals surface area contributed by atoms with Gasteiger partial charge in [-0.2, -0.15) is 0 Å². The van der Waals surface area contributed by atoms with Gasteiger partial charge in [-0.05, 0) is 51.3 Å². The van der Waals surface area contributed by atoms with Gasteiger partial charge in [-0.3, -0.25) is 0 Å². The fourth-order valence-corrected chi connectivity index (χ4v) is 2.95. The molecule has 2 aromatic carbocycles. The largest absolute Gasteiger partial charge is 0.495 e. The smallest absolute Gasteiger partial charge is 0.231 e. The summed E-state index contributed by atoms with van der Waals surface area (Å²) in [7, 11) is 1.54. The Morgan fingerprint density at radius 1 is 1.24 bits per heavy atom. The molecule has 0 aromatic heterocycles. The van der Waals surface area contributed by atoms with E-state index in [1.54, 1.807) is 30.3 Å². The first kappa shape index (κ1) is 14.5. The summed E-state index contributed by atoms with van der Waals surface area (Å²) in [6, 6.07) is 8.73. The van der Waals surface area contributed by atoms with E-state index >= 15 is 0 Å². The van der Waals surface area contributed by atoms with Crippen molar-refractivity contribution in [2.24, 2.45) is 0 Å². The molecule has 1 heterocycles. The van der Waals surface area contributed by atoms with Crippen molar-refractivity contribution in [1.29, 1.82) is 0 Å². The minimum absolute atomic E-state index is 0.183. The summed E-state index contributed by atoms with van der Waals surface area (Å²) in [5, 5.41) is 11.0. The lowest BCUT2D eigenvalue weighted by Gasteiger charge is -2.14. The number of benzene rings is 2. The van der Waals surface area contributed by atoms with Crippen LogP contribution in [0.15, 0.2) is 34.8 Å². The third-order valence-corrected chi connectivity index (χ3v) is 4.16. The zero-order valence-electron chi connectivity index (χ0n) is 11.1. The van der Waals surface area contributed by atoms with Gasteiger partial charge in [-0.1, -0.05) is 17.7 Å². The number of ether oxygens (including phenoxy) is 3. The van der Waals surface area contributed by atoms with E-state index in [9.17, 15) is 5.11 Å². The molecule has 1 aliphatic heterocycles. The lowest BCUT2D eigenvalue weighted by molar-refractivity contribution is 0.173. The van der Waals surface area contributed by atoms with Crippen LogP contribution in [0.25, 0.3) is 0 Å². The monoisotopic (exact) mass is 370 g/mol. The summed E-state index contributed by atoms with van der Waals surface area (Å²) in [6.07, 6.45) is -0.818. The molecule has 0 fully saturated rings. The first-order chi connectivity index (χ1) is 10.1. The van der Waals surface area contributed by atoms with Crippen LogP contribution in [-0.2, 0) is 0 Å². The Bertz CT molecular complexity index is 690. The summed E-state index contributed by atoms with van der Waals surface area (Å²) < 4.78 is 16.6. The predicted octanol–water partition coefficient (Wildman–Crippen LogP) is 3.92. The van der Waals surface area contributed by atoms with E-state index in [-0.39, 0.29) is 6.79 Å². The van der Waals surface area contributed by atoms with E-state index in [2.05, 4.69) is 15.9 Å². The molecule has 0 bridgehead atoms. The van der Waals surface area contributed by atoms with E-state index in [4.69, 9.17) is 25.8 Å². The highest BCUT2D eigenvalue weighted by Gasteiger charge is 2.21. The number of fused-ring (bicyclic) bond motifs is 1. The van der Waals surface area contributed by atoms with Crippen molar-refractivity contribution in [1.82, 2.24) is 0 Å². The molecule has 110 valence electrons. The molecule has 0 radical (unpaired) electrons. The molecule has 1 atom stereocenters. The Balaban J connectivity index is 1.99. The maximum Gasteiger partial charge on any atom is 0.231 e. The summed E-state index contributed by atoms with van der Waals surface area (Å²) in [5.41, 5.74) is 1.37. The Kier molecular flexibility index (Phi) is 3.97. The minimum atomic E-state index is -0.818. The van der Waals surface area contributed by atoms with Crippen LogP contribution in [-0.4, -0.2) is 19.0 Å². The van der Waals surface area contributed by atoms with Gasteiger partial charge in [0.15, 0.2) is 11.5 Å². The third kappa shape index (κ3) is 2.69. The van der Waals surface area contributed by atoms with Crippen LogP contribution in [0.3, 0.4) is 0 Å². The van der Waals surface area contributed by atoms with Crippen LogP contribution < -0.4 is 14.2 Å². The molecule has 1 unspecified atom stereocenters. The molecule has 0 spiro atoms. The standard InChI is InChI=1S/C15H12BrClO4/c1-19-12-5-8(2-3-11(12)17)14(18)9-4-10(16)15-13(6-9)20-7-21-15/h2-6,14,18H,7H2,1H3. The van der Waals surface area contributed by atoms with Crippen molar-refractivity contribution in [3.63, 3.8) is 0 Å². The highest BCUT2D eigenvalue weighted by Crippen LogP contribution is 2.42. The third-order valence-electron chi connectivity index (χ3n) is 3.26. The van der Waals surface area contributed by atoms with E-state index in [1.807, 2.05) is 0 Å². The SMILES string of the molecule is COc1cc(C(O)c2cc(Br)c3c(c2)OCO3)ccc1Cl. The van der Waals surface area contributed by atoms with Crippen molar-refractivity contribution in [3.8, 4) is 17.2 Å². The van der Waals surface area contributed by atoms with Crippen LogP contribution in [0.4, 0.5) is 0 Å². The topological polar surface area (TPSA) is 47.9 Å². The summed E-state index contributed by atoms with van der Waals surface area (Å²) >= 11 is 9.42. The van der Waals surface area contributed by atoms with Crippen LogP contribution in [0.1, 0.15) is 17.2 Å². The van der Waals surface area contributed by atoms with E-state index in [0.717, 1.165) is 4.47 Å². The number of halogens is 2. The first-order valence-corrected chi connectivity index (χ1v) is 7.38. The maximum absolute atomic E-state index is 10.5. The molecule has 6 heteroatoms. The molecule has 2 aromatic rings. The van der Waals surface area contributed by atoms with Gasteiger partial charge >= 0.3 is 0 Å². The molecule has 4 nitrogen and oxygen atoms in total. The Labute approximate surface area is 135 Å². The highest BCUT2D eigenvalue weighted by molar-refractivity contribution is 9.10. The van der Waals surface area contributed by atoms with Crippen molar-refractivity contribution < 1.29 is 19.3 Å². The second-order valence-electron chi connectivity index (χ2n) is 4.53. The quantitative estimate of drug-likeness (QED) is 0.888. The second kappa shape index (κ2) is 5.75. The molecule has 0 aliphatic carbocycles. The first-order valence-electron chi connectivity index (χ1n) is 6.20. The molecule has 1 aliphatic rings. The molecule has 0 saturated carbocycles. The highest BCUT2D eigenvalue weighted by atomic mass is 79.9. The van der Waals surface area contributed by atoms with Crippen LogP contribution in [0.2, 0.25) is 5.02 Å². The van der Waals surface area contributed by atoms with E-state index in [1.165, 1.54) is 7.11 Å². The Hall–Kier alpha value is -1.43. The maximum atomic E-state index is 10.5. The number of aliphatic hydroxyl groups excluding tert-OH is 1. The van der Waals surface area contributed by atoms with Crippen LogP contribution >= 0.6 is 27.5 Å². The van der Waals surface area contributed by atoms with E-state index in [0.29, 0.717) is 33.4 Å². The minimum Gasteiger partial charge on any atom is -0.495 e. The van der Waals surface area contributed by atoms with Gasteiger partial charge in [0.25, 0.3) is 0 Å². The lowest BCUT2D eigenvalue weighted by atomic mass is 10.0. The zero-order valence-corrected chi connectivity index (χ0v) is 13.4. The average molecular weight is 372 g/mol. The number of aliphatic hydroxyl groups is 1. The van der Waals surface area contributed by atoms with Crippen molar-refractivity contribution in [2.75, 3.05) is 13.9 Å². The molecular weight excluding hydrogens is 360 g/mol. The van der Waals surface area contributed by atoms with Crippen LogP contribution in [0, 0.1) is 0 Å². The van der Waals surface area contributed by atoms with E-state index < -0.39 is 6.10 Å². The normalized spacial score (nSPS) is 14.1. The predicted molar refractivity (Wildman–Crippen MR) is 82.3 cm³/mol. The zero-order chi connectivity index (χ0) is 15.0. The molecule has 3 rings (SSSR count). The summed E-state index contributed by atoms with van der Waals surface area (Å²) in [5.74, 6) is 1.78. The second-order valence-corrected chi connectivity index (χ2v) is 5.79. The molecule has 0 saturated heterocycles.